The normalized spacial score (nSPS) is 15.3. The molecule has 3 aromatic carbocycles. The molecule has 0 radical (unpaired) electrons. The zero-order valence-corrected chi connectivity index (χ0v) is 18.7. The number of benzene rings is 3. The topological polar surface area (TPSA) is 42.1 Å². The number of piperazine rings is 1. The fraction of sp³-hybridized carbons (Fsp3) is 0.240. The van der Waals surface area contributed by atoms with Crippen molar-refractivity contribution in [3.63, 3.8) is 0 Å². The summed E-state index contributed by atoms with van der Waals surface area (Å²) in [5, 5.41) is 8.57. The first-order valence-corrected chi connectivity index (χ1v) is 11.3. The van der Waals surface area contributed by atoms with Crippen LogP contribution in [0.25, 0.3) is 5.69 Å². The van der Waals surface area contributed by atoms with E-state index >= 15 is 0 Å². The van der Waals surface area contributed by atoms with E-state index in [1.807, 2.05) is 35.0 Å². The maximum atomic E-state index is 5.63. The molecule has 5 rings (SSSR count). The van der Waals surface area contributed by atoms with Crippen LogP contribution in [-0.2, 0) is 6.67 Å². The van der Waals surface area contributed by atoms with Gasteiger partial charge in [-0.05, 0) is 45.9 Å². The predicted molar refractivity (Wildman–Crippen MR) is 128 cm³/mol. The highest BCUT2D eigenvalue weighted by Crippen LogP contribution is 2.29. The average Bonchev–Trinajstić information content (AvgIpc) is 3.22. The first-order chi connectivity index (χ1) is 15.8. The van der Waals surface area contributed by atoms with Crippen molar-refractivity contribution in [1.29, 1.82) is 0 Å². The quantitative estimate of drug-likeness (QED) is 0.420. The lowest BCUT2D eigenvalue weighted by atomic mass is 9.96. The minimum absolute atomic E-state index is 0.265. The Labute approximate surface area is 193 Å². The highest BCUT2D eigenvalue weighted by molar-refractivity contribution is 7.71. The molecule has 6 nitrogen and oxygen atoms in total. The molecule has 1 saturated heterocycles. The molecule has 1 aromatic heterocycles. The van der Waals surface area contributed by atoms with Gasteiger partial charge in [-0.1, -0.05) is 78.9 Å². The number of para-hydroxylation sites is 1. The van der Waals surface area contributed by atoms with Crippen LogP contribution in [0.1, 0.15) is 17.2 Å². The Morgan fingerprint density at radius 3 is 1.78 bits per heavy atom. The molecule has 32 heavy (non-hydrogen) atoms. The number of nitrogens with zero attached hydrogens (tertiary/aromatic N) is 6. The Hall–Kier alpha value is -3.13. The highest BCUT2D eigenvalue weighted by Gasteiger charge is 2.26. The van der Waals surface area contributed by atoms with Crippen molar-refractivity contribution in [3.05, 3.63) is 107 Å². The van der Waals surface area contributed by atoms with Crippen LogP contribution in [-0.4, -0.2) is 55.8 Å². The fourth-order valence-electron chi connectivity index (χ4n) is 4.33. The highest BCUT2D eigenvalue weighted by atomic mass is 32.1. The van der Waals surface area contributed by atoms with Crippen LogP contribution < -0.4 is 0 Å². The number of aromatic nitrogens is 4. The van der Waals surface area contributed by atoms with Gasteiger partial charge in [0.15, 0.2) is 0 Å². The molecule has 4 aromatic rings. The summed E-state index contributed by atoms with van der Waals surface area (Å²) in [4.78, 5) is 4.96. The summed E-state index contributed by atoms with van der Waals surface area (Å²) >= 11 is 5.63. The number of hydrogen-bond donors (Lipinski definition) is 0. The molecule has 1 aliphatic heterocycles. The smallest absolute Gasteiger partial charge is 0.221 e. The van der Waals surface area contributed by atoms with Gasteiger partial charge in [0.05, 0.1) is 18.4 Å². The van der Waals surface area contributed by atoms with Gasteiger partial charge < -0.3 is 0 Å². The van der Waals surface area contributed by atoms with Gasteiger partial charge in [-0.15, -0.1) is 0 Å². The van der Waals surface area contributed by atoms with E-state index < -0.39 is 0 Å². The molecule has 0 atom stereocenters. The summed E-state index contributed by atoms with van der Waals surface area (Å²) in [6.45, 7) is 4.52. The number of hydrogen-bond acceptors (Lipinski definition) is 5. The first kappa shape index (κ1) is 20.8. The molecule has 0 spiro atoms. The van der Waals surface area contributed by atoms with E-state index in [4.69, 9.17) is 12.2 Å². The van der Waals surface area contributed by atoms with E-state index in [0.717, 1.165) is 31.9 Å². The third kappa shape index (κ3) is 4.41. The Morgan fingerprint density at radius 2 is 1.22 bits per heavy atom. The zero-order chi connectivity index (χ0) is 21.8. The molecule has 7 heteroatoms. The van der Waals surface area contributed by atoms with Gasteiger partial charge in [0.1, 0.15) is 0 Å². The maximum Gasteiger partial charge on any atom is 0.221 e. The van der Waals surface area contributed by atoms with Crippen LogP contribution in [0.3, 0.4) is 0 Å². The van der Waals surface area contributed by atoms with Crippen LogP contribution in [0.2, 0.25) is 0 Å². The Balaban J connectivity index is 1.29. The number of tetrazole rings is 1. The van der Waals surface area contributed by atoms with Gasteiger partial charge in [-0.3, -0.25) is 9.80 Å². The van der Waals surface area contributed by atoms with Gasteiger partial charge in [0.25, 0.3) is 0 Å². The summed E-state index contributed by atoms with van der Waals surface area (Å²) in [5.41, 5.74) is 3.60. The second kappa shape index (κ2) is 9.56. The summed E-state index contributed by atoms with van der Waals surface area (Å²) in [6.07, 6.45) is 0. The van der Waals surface area contributed by atoms with E-state index in [1.54, 1.807) is 4.68 Å². The largest absolute Gasteiger partial charge is 0.290 e. The zero-order valence-electron chi connectivity index (χ0n) is 17.9. The Morgan fingerprint density at radius 1 is 0.688 bits per heavy atom. The fourth-order valence-corrected chi connectivity index (χ4v) is 4.57. The van der Waals surface area contributed by atoms with Crippen LogP contribution in [0, 0.1) is 4.77 Å². The molecule has 1 aliphatic rings. The van der Waals surface area contributed by atoms with E-state index in [-0.39, 0.29) is 6.04 Å². The molecular formula is C25H26N6S. The van der Waals surface area contributed by atoms with Crippen molar-refractivity contribution in [2.45, 2.75) is 12.7 Å². The maximum absolute atomic E-state index is 5.63. The molecule has 1 fully saturated rings. The van der Waals surface area contributed by atoms with E-state index in [2.05, 4.69) is 80.9 Å². The van der Waals surface area contributed by atoms with E-state index in [1.165, 1.54) is 11.1 Å². The minimum atomic E-state index is 0.265. The van der Waals surface area contributed by atoms with Crippen LogP contribution >= 0.6 is 12.2 Å². The van der Waals surface area contributed by atoms with Crippen LogP contribution in [0.4, 0.5) is 0 Å². The van der Waals surface area contributed by atoms with Gasteiger partial charge in [0.2, 0.25) is 4.77 Å². The van der Waals surface area contributed by atoms with Gasteiger partial charge >= 0.3 is 0 Å². The standard InChI is InChI=1S/C25H26N6S/c32-25-30(26-27-31(25)23-14-8-3-9-15-23)20-28-16-18-29(19-17-28)24(21-10-4-1-5-11-21)22-12-6-2-7-13-22/h1-15,24H,16-20H2. The molecule has 0 N–H and O–H groups in total. The van der Waals surface area contributed by atoms with Crippen LogP contribution in [0.15, 0.2) is 91.0 Å². The van der Waals surface area contributed by atoms with E-state index in [0.29, 0.717) is 11.4 Å². The molecule has 0 saturated carbocycles. The average molecular weight is 443 g/mol. The van der Waals surface area contributed by atoms with Gasteiger partial charge in [0, 0.05) is 26.2 Å². The second-order valence-corrected chi connectivity index (χ2v) is 8.39. The van der Waals surface area contributed by atoms with Crippen molar-refractivity contribution in [3.8, 4) is 5.69 Å². The molecule has 0 amide bonds. The van der Waals surface area contributed by atoms with Crippen molar-refractivity contribution in [1.82, 2.24) is 29.6 Å². The van der Waals surface area contributed by atoms with Gasteiger partial charge in [-0.25, -0.2) is 4.68 Å². The predicted octanol–water partition coefficient (Wildman–Crippen LogP) is 4.16. The van der Waals surface area contributed by atoms with Gasteiger partial charge in [-0.2, -0.15) is 4.68 Å². The summed E-state index contributed by atoms with van der Waals surface area (Å²) in [7, 11) is 0. The lowest BCUT2D eigenvalue weighted by Gasteiger charge is -2.39. The third-order valence-corrected chi connectivity index (χ3v) is 6.36. The minimum Gasteiger partial charge on any atom is -0.290 e. The third-order valence-electron chi connectivity index (χ3n) is 5.98. The number of rotatable bonds is 6. The summed E-state index contributed by atoms with van der Waals surface area (Å²) in [5.74, 6) is 0. The monoisotopic (exact) mass is 442 g/mol. The van der Waals surface area contributed by atoms with Crippen molar-refractivity contribution >= 4 is 12.2 Å². The Bertz CT molecular complexity index is 1140. The van der Waals surface area contributed by atoms with E-state index in [9.17, 15) is 0 Å². The van der Waals surface area contributed by atoms with Crippen molar-refractivity contribution in [2.24, 2.45) is 0 Å². The Kier molecular flexibility index (Phi) is 6.20. The van der Waals surface area contributed by atoms with Crippen molar-refractivity contribution in [2.75, 3.05) is 26.2 Å². The molecule has 0 aliphatic carbocycles. The second-order valence-electron chi connectivity index (χ2n) is 8.03. The summed E-state index contributed by atoms with van der Waals surface area (Å²) in [6, 6.07) is 31.7. The molecule has 0 bridgehead atoms. The van der Waals surface area contributed by atoms with Crippen molar-refractivity contribution < 1.29 is 0 Å². The summed E-state index contributed by atoms with van der Waals surface area (Å²) < 4.78 is 4.14. The molecule has 0 unspecified atom stereocenters. The molecule has 162 valence electrons. The first-order valence-electron chi connectivity index (χ1n) is 10.9. The SMILES string of the molecule is S=c1n(CN2CCN(C(c3ccccc3)c3ccccc3)CC2)nnn1-c1ccccc1. The van der Waals surface area contributed by atoms with Crippen LogP contribution in [0.5, 0.6) is 0 Å². The lowest BCUT2D eigenvalue weighted by molar-refractivity contribution is 0.0839. The lowest BCUT2D eigenvalue weighted by Crippen LogP contribution is -2.48. The molecular weight excluding hydrogens is 416 g/mol. The molecule has 2 heterocycles.